The Labute approximate surface area is 197 Å². The van der Waals surface area contributed by atoms with E-state index < -0.39 is 22.9 Å². The summed E-state index contributed by atoms with van der Waals surface area (Å²) in [5.41, 5.74) is 3.08. The van der Waals surface area contributed by atoms with Crippen molar-refractivity contribution in [3.8, 4) is 5.69 Å². The number of furan rings is 1. The average Bonchev–Trinajstić information content (AvgIpc) is 3.43. The second kappa shape index (κ2) is 8.92. The van der Waals surface area contributed by atoms with E-state index in [0.29, 0.717) is 5.69 Å². The minimum absolute atomic E-state index is 0.0101. The summed E-state index contributed by atoms with van der Waals surface area (Å²) in [6.45, 7) is 3.63. The van der Waals surface area contributed by atoms with Gasteiger partial charge in [0.1, 0.15) is 11.6 Å². The van der Waals surface area contributed by atoms with E-state index in [-0.39, 0.29) is 28.0 Å². The first kappa shape index (κ1) is 22.9. The van der Waals surface area contributed by atoms with Crippen molar-refractivity contribution >= 4 is 46.6 Å². The van der Waals surface area contributed by atoms with Crippen LogP contribution < -0.4 is 0 Å². The molecule has 2 aromatic heterocycles. The third kappa shape index (κ3) is 4.34. The molecule has 0 N–H and O–H groups in total. The molecule has 1 aromatic carbocycles. The van der Waals surface area contributed by atoms with Gasteiger partial charge in [-0.2, -0.15) is 0 Å². The number of hydrogen-bond donors (Lipinski definition) is 0. The van der Waals surface area contributed by atoms with Crippen LogP contribution in [0.5, 0.6) is 0 Å². The first-order valence-electron chi connectivity index (χ1n) is 9.76. The number of benzene rings is 1. The zero-order valence-electron chi connectivity index (χ0n) is 17.8. The number of imide groups is 1. The zero-order chi connectivity index (χ0) is 23.9. The molecule has 33 heavy (non-hydrogen) atoms. The van der Waals surface area contributed by atoms with Crippen molar-refractivity contribution in [2.45, 2.75) is 20.4 Å². The lowest BCUT2D eigenvalue weighted by atomic mass is 10.2. The molecule has 1 saturated heterocycles. The maximum Gasteiger partial charge on any atom is 0.373 e. The van der Waals surface area contributed by atoms with Gasteiger partial charge in [0, 0.05) is 17.1 Å². The third-order valence-electron chi connectivity index (χ3n) is 5.15. The molecule has 0 saturated carbocycles. The van der Waals surface area contributed by atoms with E-state index >= 15 is 0 Å². The average molecular weight is 489 g/mol. The van der Waals surface area contributed by atoms with Gasteiger partial charge >= 0.3 is 5.97 Å². The second-order valence-electron chi connectivity index (χ2n) is 7.29. The molecular weight excluding hydrogens is 471 g/mol. The number of carbonyl (C=O) groups excluding carboxylic acids is 3. The second-order valence-corrected chi connectivity index (χ2v) is 8.69. The lowest BCUT2D eigenvalue weighted by Crippen LogP contribution is -2.27. The molecule has 0 radical (unpaired) electrons. The molecule has 1 aliphatic heterocycles. The fourth-order valence-corrected chi connectivity index (χ4v) is 4.57. The number of thioether (sulfide) groups is 1. The van der Waals surface area contributed by atoms with Crippen LogP contribution in [0.15, 0.2) is 45.7 Å². The Hall–Kier alpha value is -3.30. The fraction of sp³-hybridized carbons (Fsp3) is 0.174. The van der Waals surface area contributed by atoms with E-state index in [1.165, 1.54) is 31.4 Å². The lowest BCUT2D eigenvalue weighted by molar-refractivity contribution is -0.123. The van der Waals surface area contributed by atoms with Gasteiger partial charge in [0.2, 0.25) is 5.76 Å². The number of ether oxygens (including phenoxy) is 1. The normalized spacial score (nSPS) is 15.1. The highest BCUT2D eigenvalue weighted by molar-refractivity contribution is 8.18. The zero-order valence-corrected chi connectivity index (χ0v) is 19.4. The Kier molecular flexibility index (Phi) is 6.18. The molecule has 4 rings (SSSR count). The number of methoxy groups -OCH3 is 1. The molecule has 10 heteroatoms. The van der Waals surface area contributed by atoms with Crippen molar-refractivity contribution in [3.63, 3.8) is 0 Å². The van der Waals surface area contributed by atoms with Crippen LogP contribution in [0.3, 0.4) is 0 Å². The molecule has 0 aliphatic carbocycles. The topological polar surface area (TPSA) is 81.8 Å². The standard InChI is InChI=1S/C23H18ClFN2O5S/c1-12-8-14(13(2)27(12)15-4-6-18(25)17(24)10-15)9-20-21(28)26(23(30)33-20)11-16-5-7-19(32-16)22(29)31-3/h4-10H,11H2,1-3H3. The summed E-state index contributed by atoms with van der Waals surface area (Å²) >= 11 is 6.76. The van der Waals surface area contributed by atoms with Gasteiger partial charge in [-0.05, 0) is 73.6 Å². The Bertz CT molecular complexity index is 1330. The molecule has 0 spiro atoms. The Balaban J connectivity index is 1.59. The smallest absolute Gasteiger partial charge is 0.373 e. The highest BCUT2D eigenvalue weighted by Gasteiger charge is 2.36. The summed E-state index contributed by atoms with van der Waals surface area (Å²) in [5, 5.41) is -0.433. The van der Waals surface area contributed by atoms with Crippen molar-refractivity contribution in [1.82, 2.24) is 9.47 Å². The SMILES string of the molecule is COC(=O)c1ccc(CN2C(=O)SC(=Cc3cc(C)n(-c4ccc(F)c(Cl)c4)c3C)C2=O)o1. The first-order chi connectivity index (χ1) is 15.7. The molecule has 0 unspecified atom stereocenters. The molecule has 1 fully saturated rings. The van der Waals surface area contributed by atoms with Crippen molar-refractivity contribution in [2.24, 2.45) is 0 Å². The molecule has 7 nitrogen and oxygen atoms in total. The van der Waals surface area contributed by atoms with Crippen LogP contribution in [0.4, 0.5) is 9.18 Å². The number of rotatable bonds is 5. The molecular formula is C23H18ClFN2O5S. The Morgan fingerprint density at radius 2 is 1.97 bits per heavy atom. The highest BCUT2D eigenvalue weighted by atomic mass is 35.5. The molecule has 0 atom stereocenters. The van der Waals surface area contributed by atoms with Crippen LogP contribution in [0.1, 0.15) is 33.3 Å². The summed E-state index contributed by atoms with van der Waals surface area (Å²) in [6, 6.07) is 9.25. The van der Waals surface area contributed by atoms with Crippen LogP contribution in [0.2, 0.25) is 5.02 Å². The molecule has 3 aromatic rings. The number of nitrogens with zero attached hydrogens (tertiary/aromatic N) is 2. The highest BCUT2D eigenvalue weighted by Crippen LogP contribution is 2.35. The van der Waals surface area contributed by atoms with Gasteiger partial charge in [0.05, 0.1) is 23.6 Å². The summed E-state index contributed by atoms with van der Waals surface area (Å²) in [4.78, 5) is 38.2. The number of hydrogen-bond acceptors (Lipinski definition) is 6. The number of carbonyl (C=O) groups is 3. The quantitative estimate of drug-likeness (QED) is 0.348. The van der Waals surface area contributed by atoms with Gasteiger partial charge in [-0.3, -0.25) is 14.5 Å². The van der Waals surface area contributed by atoms with E-state index in [1.807, 2.05) is 24.5 Å². The van der Waals surface area contributed by atoms with Crippen molar-refractivity contribution in [1.29, 1.82) is 0 Å². The van der Waals surface area contributed by atoms with Gasteiger partial charge in [-0.15, -0.1) is 0 Å². The summed E-state index contributed by atoms with van der Waals surface area (Å²) in [6.07, 6.45) is 1.65. The van der Waals surface area contributed by atoms with Gasteiger partial charge in [-0.25, -0.2) is 9.18 Å². The third-order valence-corrected chi connectivity index (χ3v) is 6.35. The van der Waals surface area contributed by atoms with E-state index in [4.69, 9.17) is 16.0 Å². The predicted molar refractivity (Wildman–Crippen MR) is 122 cm³/mol. The molecule has 1 aliphatic rings. The maximum absolute atomic E-state index is 13.6. The molecule has 2 amide bonds. The van der Waals surface area contributed by atoms with Crippen LogP contribution in [-0.4, -0.2) is 33.7 Å². The van der Waals surface area contributed by atoms with Crippen molar-refractivity contribution in [3.05, 3.63) is 80.6 Å². The van der Waals surface area contributed by atoms with Gasteiger partial charge in [-0.1, -0.05) is 11.6 Å². The molecule has 170 valence electrons. The van der Waals surface area contributed by atoms with Crippen molar-refractivity contribution < 1.29 is 27.9 Å². The van der Waals surface area contributed by atoms with E-state index in [0.717, 1.165) is 33.6 Å². The lowest BCUT2D eigenvalue weighted by Gasteiger charge is -2.10. The number of esters is 1. The van der Waals surface area contributed by atoms with Crippen LogP contribution in [0.25, 0.3) is 11.8 Å². The summed E-state index contributed by atoms with van der Waals surface area (Å²) in [7, 11) is 1.23. The van der Waals surface area contributed by atoms with Gasteiger partial charge in [0.25, 0.3) is 11.1 Å². The van der Waals surface area contributed by atoms with E-state index in [9.17, 15) is 18.8 Å². The largest absolute Gasteiger partial charge is 0.463 e. The van der Waals surface area contributed by atoms with Crippen LogP contribution in [0, 0.1) is 19.7 Å². The number of aryl methyl sites for hydroxylation is 1. The van der Waals surface area contributed by atoms with Crippen LogP contribution in [-0.2, 0) is 16.1 Å². The molecule has 3 heterocycles. The number of halogens is 2. The van der Waals surface area contributed by atoms with Gasteiger partial charge in [0.15, 0.2) is 0 Å². The van der Waals surface area contributed by atoms with Crippen LogP contribution >= 0.6 is 23.4 Å². The number of amides is 2. The predicted octanol–water partition coefficient (Wildman–Crippen LogP) is 5.50. The monoisotopic (exact) mass is 488 g/mol. The minimum atomic E-state index is -0.645. The van der Waals surface area contributed by atoms with E-state index in [2.05, 4.69) is 4.74 Å². The minimum Gasteiger partial charge on any atom is -0.463 e. The van der Waals surface area contributed by atoms with Gasteiger partial charge < -0.3 is 13.7 Å². The number of aromatic nitrogens is 1. The summed E-state index contributed by atoms with van der Waals surface area (Å²) in [5.74, 6) is -1.34. The Morgan fingerprint density at radius 3 is 2.67 bits per heavy atom. The fourth-order valence-electron chi connectivity index (χ4n) is 3.56. The maximum atomic E-state index is 13.6. The summed E-state index contributed by atoms with van der Waals surface area (Å²) < 4.78 is 25.4. The van der Waals surface area contributed by atoms with Crippen molar-refractivity contribution in [2.75, 3.05) is 7.11 Å². The Morgan fingerprint density at radius 1 is 1.21 bits per heavy atom. The first-order valence-corrected chi connectivity index (χ1v) is 11.0. The molecule has 0 bridgehead atoms. The van der Waals surface area contributed by atoms with E-state index in [1.54, 1.807) is 12.1 Å².